The first-order valence-electron chi connectivity index (χ1n) is 9.09. The molecule has 4 saturated carbocycles. The summed E-state index contributed by atoms with van der Waals surface area (Å²) in [5.74, 6) is 0.780. The van der Waals surface area contributed by atoms with E-state index in [2.05, 4.69) is 20.1 Å². The maximum atomic E-state index is 6.38. The minimum absolute atomic E-state index is 0.0442. The van der Waals surface area contributed by atoms with Crippen LogP contribution in [0.2, 0.25) is 0 Å². The molecule has 0 amide bonds. The second kappa shape index (κ2) is 6.13. The van der Waals surface area contributed by atoms with E-state index in [4.69, 9.17) is 9.47 Å². The Kier molecular flexibility index (Phi) is 4.53. The van der Waals surface area contributed by atoms with Gasteiger partial charge in [0.05, 0.1) is 24.4 Å². The van der Waals surface area contributed by atoms with Crippen molar-refractivity contribution in [2.45, 2.75) is 75.9 Å². The molecular formula is C20H32O2. The van der Waals surface area contributed by atoms with Crippen molar-refractivity contribution in [3.63, 3.8) is 0 Å². The predicted octanol–water partition coefficient (Wildman–Crippen LogP) is 5.04. The molecule has 0 radical (unpaired) electrons. The van der Waals surface area contributed by atoms with Crippen molar-refractivity contribution in [1.29, 1.82) is 0 Å². The SMILES string of the molecule is C=CCOC12CC3CC(CCCC)(C1)CC(OCC=C)(C3)C2. The largest absolute Gasteiger partial charge is 0.371 e. The fraction of sp³-hybridized carbons (Fsp3) is 0.800. The van der Waals surface area contributed by atoms with Crippen LogP contribution in [0.1, 0.15) is 64.7 Å². The summed E-state index contributed by atoms with van der Waals surface area (Å²) in [4.78, 5) is 0. The van der Waals surface area contributed by atoms with Gasteiger partial charge in [-0.2, -0.15) is 0 Å². The Morgan fingerprint density at radius 2 is 1.55 bits per heavy atom. The van der Waals surface area contributed by atoms with Crippen molar-refractivity contribution < 1.29 is 9.47 Å². The van der Waals surface area contributed by atoms with Crippen molar-refractivity contribution in [2.75, 3.05) is 13.2 Å². The van der Waals surface area contributed by atoms with Gasteiger partial charge in [0.25, 0.3) is 0 Å². The lowest BCUT2D eigenvalue weighted by atomic mass is 9.45. The lowest BCUT2D eigenvalue weighted by Gasteiger charge is -2.66. The van der Waals surface area contributed by atoms with Crippen LogP contribution in [-0.2, 0) is 9.47 Å². The zero-order valence-electron chi connectivity index (χ0n) is 14.2. The summed E-state index contributed by atoms with van der Waals surface area (Å²) in [6.07, 6.45) is 15.2. The highest BCUT2D eigenvalue weighted by Gasteiger charge is 2.64. The molecule has 0 heterocycles. The topological polar surface area (TPSA) is 18.5 Å². The highest BCUT2D eigenvalue weighted by molar-refractivity contribution is 5.16. The monoisotopic (exact) mass is 304 g/mol. The van der Waals surface area contributed by atoms with Crippen LogP contribution in [-0.4, -0.2) is 24.4 Å². The predicted molar refractivity (Wildman–Crippen MR) is 90.9 cm³/mol. The first-order valence-corrected chi connectivity index (χ1v) is 9.09. The molecule has 2 atom stereocenters. The van der Waals surface area contributed by atoms with Crippen LogP contribution in [0.15, 0.2) is 25.3 Å². The Morgan fingerprint density at radius 3 is 2.05 bits per heavy atom. The standard InChI is InChI=1S/C20H32O2/c1-4-7-8-18-11-17-12-19(14-18,21-9-5-2)16-20(13-17,15-18)22-10-6-3/h5-6,17H,2-4,7-16H2,1H3. The summed E-state index contributed by atoms with van der Waals surface area (Å²) >= 11 is 0. The Labute approximate surface area is 136 Å². The van der Waals surface area contributed by atoms with E-state index in [1.807, 2.05) is 12.2 Å². The van der Waals surface area contributed by atoms with E-state index in [1.165, 1.54) is 51.4 Å². The van der Waals surface area contributed by atoms with E-state index in [9.17, 15) is 0 Å². The van der Waals surface area contributed by atoms with Gasteiger partial charge in [-0.3, -0.25) is 0 Å². The third-order valence-electron chi connectivity index (χ3n) is 6.16. The third-order valence-corrected chi connectivity index (χ3v) is 6.16. The van der Waals surface area contributed by atoms with Gasteiger partial charge in [0, 0.05) is 6.42 Å². The Balaban J connectivity index is 1.85. The van der Waals surface area contributed by atoms with E-state index in [0.29, 0.717) is 18.6 Å². The zero-order valence-corrected chi connectivity index (χ0v) is 14.2. The first kappa shape index (κ1) is 16.3. The molecule has 4 bridgehead atoms. The lowest BCUT2D eigenvalue weighted by Crippen LogP contribution is -2.64. The molecule has 4 aliphatic rings. The number of ether oxygens (including phenoxy) is 2. The fourth-order valence-corrected chi connectivity index (χ4v) is 6.08. The second-order valence-corrected chi connectivity index (χ2v) is 8.18. The van der Waals surface area contributed by atoms with Crippen LogP contribution in [0, 0.1) is 11.3 Å². The fourth-order valence-electron chi connectivity index (χ4n) is 6.08. The molecule has 0 aliphatic heterocycles. The molecule has 2 heteroatoms. The molecule has 0 spiro atoms. The van der Waals surface area contributed by atoms with Gasteiger partial charge >= 0.3 is 0 Å². The highest BCUT2D eigenvalue weighted by atomic mass is 16.5. The third kappa shape index (κ3) is 2.92. The molecule has 0 aromatic rings. The van der Waals surface area contributed by atoms with Crippen molar-refractivity contribution in [3.8, 4) is 0 Å². The molecule has 0 saturated heterocycles. The summed E-state index contributed by atoms with van der Waals surface area (Å²) in [6.45, 7) is 11.3. The maximum Gasteiger partial charge on any atom is 0.0722 e. The van der Waals surface area contributed by atoms with Crippen LogP contribution >= 0.6 is 0 Å². The van der Waals surface area contributed by atoms with Crippen LogP contribution in [0.25, 0.3) is 0 Å². The van der Waals surface area contributed by atoms with Crippen LogP contribution < -0.4 is 0 Å². The molecule has 4 rings (SSSR count). The van der Waals surface area contributed by atoms with E-state index in [-0.39, 0.29) is 11.2 Å². The summed E-state index contributed by atoms with van der Waals surface area (Å²) < 4.78 is 12.8. The van der Waals surface area contributed by atoms with Gasteiger partial charge in [-0.25, -0.2) is 0 Å². The molecule has 2 unspecified atom stereocenters. The van der Waals surface area contributed by atoms with Gasteiger partial charge in [-0.05, 0) is 49.9 Å². The van der Waals surface area contributed by atoms with Crippen molar-refractivity contribution >= 4 is 0 Å². The average Bonchev–Trinajstić information content (AvgIpc) is 2.48. The number of hydrogen-bond acceptors (Lipinski definition) is 2. The summed E-state index contributed by atoms with van der Waals surface area (Å²) in [5.41, 5.74) is 0.544. The average molecular weight is 304 g/mol. The molecule has 4 aliphatic carbocycles. The first-order chi connectivity index (χ1) is 10.6. The van der Waals surface area contributed by atoms with E-state index >= 15 is 0 Å². The molecule has 4 fully saturated rings. The lowest BCUT2D eigenvalue weighted by molar-refractivity contribution is -0.258. The van der Waals surface area contributed by atoms with Gasteiger partial charge in [0.15, 0.2) is 0 Å². The van der Waals surface area contributed by atoms with Crippen LogP contribution in [0.3, 0.4) is 0 Å². The summed E-state index contributed by atoms with van der Waals surface area (Å²) in [6, 6.07) is 0. The smallest absolute Gasteiger partial charge is 0.0722 e. The van der Waals surface area contributed by atoms with Gasteiger partial charge in [-0.15, -0.1) is 13.2 Å². The zero-order chi connectivity index (χ0) is 15.7. The quantitative estimate of drug-likeness (QED) is 0.555. The Bertz CT molecular complexity index is 399. The van der Waals surface area contributed by atoms with Gasteiger partial charge in [0.1, 0.15) is 0 Å². The molecule has 0 aromatic carbocycles. The molecule has 124 valence electrons. The number of rotatable bonds is 9. The van der Waals surface area contributed by atoms with Gasteiger partial charge < -0.3 is 9.47 Å². The maximum absolute atomic E-state index is 6.38. The van der Waals surface area contributed by atoms with E-state index in [0.717, 1.165) is 12.3 Å². The van der Waals surface area contributed by atoms with Crippen LogP contribution in [0.5, 0.6) is 0 Å². The Morgan fingerprint density at radius 1 is 0.955 bits per heavy atom. The summed E-state index contributed by atoms with van der Waals surface area (Å²) in [5, 5.41) is 0. The second-order valence-electron chi connectivity index (χ2n) is 8.18. The number of unbranched alkanes of at least 4 members (excludes halogenated alkanes) is 1. The van der Waals surface area contributed by atoms with Crippen molar-refractivity contribution in [3.05, 3.63) is 25.3 Å². The molecule has 2 nitrogen and oxygen atoms in total. The normalized spacial score (nSPS) is 42.5. The summed E-state index contributed by atoms with van der Waals surface area (Å²) in [7, 11) is 0. The highest BCUT2D eigenvalue weighted by Crippen LogP contribution is 2.66. The molecule has 22 heavy (non-hydrogen) atoms. The van der Waals surface area contributed by atoms with Gasteiger partial charge in [-0.1, -0.05) is 31.9 Å². The molecule has 0 aromatic heterocycles. The van der Waals surface area contributed by atoms with Crippen molar-refractivity contribution in [1.82, 2.24) is 0 Å². The molecule has 0 N–H and O–H groups in total. The minimum Gasteiger partial charge on any atom is -0.371 e. The molecular weight excluding hydrogens is 272 g/mol. The van der Waals surface area contributed by atoms with Crippen molar-refractivity contribution in [2.24, 2.45) is 11.3 Å². The number of hydrogen-bond donors (Lipinski definition) is 0. The van der Waals surface area contributed by atoms with Crippen LogP contribution in [0.4, 0.5) is 0 Å². The Hall–Kier alpha value is -0.600. The van der Waals surface area contributed by atoms with E-state index < -0.39 is 0 Å². The van der Waals surface area contributed by atoms with Gasteiger partial charge in [0.2, 0.25) is 0 Å². The minimum atomic E-state index is 0.0442. The van der Waals surface area contributed by atoms with E-state index in [1.54, 1.807) is 0 Å².